The molecular formula is C18H35NO3. The van der Waals surface area contributed by atoms with Crippen LogP contribution >= 0.6 is 0 Å². The van der Waals surface area contributed by atoms with E-state index in [2.05, 4.69) is 12.2 Å². The molecule has 0 spiro atoms. The van der Waals surface area contributed by atoms with Crippen molar-refractivity contribution >= 4 is 5.91 Å². The molecule has 1 aromatic rings. The molecule has 0 saturated heterocycles. The summed E-state index contributed by atoms with van der Waals surface area (Å²) >= 11 is 0. The van der Waals surface area contributed by atoms with E-state index in [0.29, 0.717) is 12.2 Å². The third-order valence-corrected chi connectivity index (χ3v) is 2.14. The van der Waals surface area contributed by atoms with Crippen molar-refractivity contribution in [2.45, 2.75) is 47.5 Å². The molecule has 0 fully saturated rings. The lowest BCUT2D eigenvalue weighted by atomic mass is 10.1. The van der Waals surface area contributed by atoms with Crippen LogP contribution in [0.2, 0.25) is 0 Å². The summed E-state index contributed by atoms with van der Waals surface area (Å²) in [6.07, 6.45) is 2.00. The number of aliphatic hydroxyl groups excluding tert-OH is 1. The zero-order valence-corrected chi connectivity index (χ0v) is 15.4. The Hall–Kier alpha value is -1.39. The molecule has 4 heteroatoms. The summed E-state index contributed by atoms with van der Waals surface area (Å²) in [5.74, 6) is -0.0336. The van der Waals surface area contributed by atoms with E-state index < -0.39 is 0 Å². The van der Waals surface area contributed by atoms with Gasteiger partial charge in [-0.25, -0.2) is 0 Å². The van der Waals surface area contributed by atoms with E-state index in [-0.39, 0.29) is 5.91 Å². The van der Waals surface area contributed by atoms with Gasteiger partial charge in [-0.15, -0.1) is 0 Å². The van der Waals surface area contributed by atoms with Crippen LogP contribution in [0.3, 0.4) is 0 Å². The number of ether oxygens (including phenoxy) is 1. The molecule has 0 aliphatic heterocycles. The Morgan fingerprint density at radius 3 is 2.05 bits per heavy atom. The molecule has 0 atom stereocenters. The number of carbonyl (C=O) groups excluding carboxylic acids is 1. The topological polar surface area (TPSA) is 58.6 Å². The van der Waals surface area contributed by atoms with Crippen molar-refractivity contribution in [1.82, 2.24) is 5.32 Å². The van der Waals surface area contributed by atoms with Crippen molar-refractivity contribution in [3.63, 3.8) is 0 Å². The van der Waals surface area contributed by atoms with Crippen LogP contribution in [0, 0.1) is 6.92 Å². The van der Waals surface area contributed by atoms with Crippen molar-refractivity contribution in [3.8, 4) is 0 Å². The lowest BCUT2D eigenvalue weighted by Gasteiger charge is -1.99. The largest absolute Gasteiger partial charge is 0.396 e. The number of carbonyl (C=O) groups is 1. The van der Waals surface area contributed by atoms with Crippen LogP contribution in [0.4, 0.5) is 0 Å². The highest BCUT2D eigenvalue weighted by Gasteiger charge is 2.00. The second-order valence-electron chi connectivity index (χ2n) is 4.17. The highest BCUT2D eigenvalue weighted by molar-refractivity contribution is 5.94. The zero-order valence-electron chi connectivity index (χ0n) is 15.4. The molecule has 0 heterocycles. The van der Waals surface area contributed by atoms with Crippen molar-refractivity contribution in [2.75, 3.05) is 27.4 Å². The second-order valence-corrected chi connectivity index (χ2v) is 4.17. The van der Waals surface area contributed by atoms with Gasteiger partial charge in [-0.05, 0) is 31.9 Å². The first-order chi connectivity index (χ1) is 10.6. The molecule has 0 saturated carbocycles. The van der Waals surface area contributed by atoms with Crippen LogP contribution in [-0.2, 0) is 4.74 Å². The van der Waals surface area contributed by atoms with E-state index in [9.17, 15) is 4.79 Å². The van der Waals surface area contributed by atoms with Gasteiger partial charge in [0.1, 0.15) is 0 Å². The van der Waals surface area contributed by atoms with E-state index in [0.717, 1.165) is 25.0 Å². The summed E-state index contributed by atoms with van der Waals surface area (Å²) in [5, 5.41) is 10.4. The van der Waals surface area contributed by atoms with Crippen LogP contribution in [-0.4, -0.2) is 38.4 Å². The lowest BCUT2D eigenvalue weighted by Crippen LogP contribution is -2.17. The van der Waals surface area contributed by atoms with Crippen LogP contribution in [0.25, 0.3) is 0 Å². The van der Waals surface area contributed by atoms with Gasteiger partial charge in [-0.1, -0.05) is 45.4 Å². The predicted molar refractivity (Wildman–Crippen MR) is 95.5 cm³/mol. The molecule has 1 rings (SSSR count). The molecule has 0 unspecified atom stereocenters. The summed E-state index contributed by atoms with van der Waals surface area (Å²) in [6.45, 7) is 11.2. The van der Waals surface area contributed by atoms with Crippen molar-refractivity contribution < 1.29 is 14.6 Å². The minimum atomic E-state index is -0.0336. The number of amides is 1. The molecule has 0 aliphatic carbocycles. The molecule has 2 N–H and O–H groups in total. The van der Waals surface area contributed by atoms with Gasteiger partial charge in [0.2, 0.25) is 0 Å². The number of methoxy groups -OCH3 is 1. The van der Waals surface area contributed by atoms with Crippen molar-refractivity contribution in [3.05, 3.63) is 35.4 Å². The number of hydrogen-bond acceptors (Lipinski definition) is 3. The summed E-state index contributed by atoms with van der Waals surface area (Å²) < 4.78 is 4.69. The van der Waals surface area contributed by atoms with E-state index in [1.165, 1.54) is 0 Å². The highest BCUT2D eigenvalue weighted by Crippen LogP contribution is 2.02. The maximum absolute atomic E-state index is 11.1. The average molecular weight is 313 g/mol. The number of aryl methyl sites for hydroxylation is 1. The molecule has 4 nitrogen and oxygen atoms in total. The maximum Gasteiger partial charge on any atom is 0.251 e. The summed E-state index contributed by atoms with van der Waals surface area (Å²) in [6, 6.07) is 7.50. The van der Waals surface area contributed by atoms with E-state index in [1.807, 2.05) is 45.9 Å². The Kier molecular flexibility index (Phi) is 25.4. The average Bonchev–Trinajstić information content (AvgIpc) is 2.57. The van der Waals surface area contributed by atoms with Gasteiger partial charge in [0.25, 0.3) is 5.91 Å². The molecule has 0 aromatic heterocycles. The fourth-order valence-corrected chi connectivity index (χ4v) is 1.13. The Morgan fingerprint density at radius 2 is 1.77 bits per heavy atom. The first kappa shape index (κ1) is 25.6. The van der Waals surface area contributed by atoms with E-state index >= 15 is 0 Å². The Balaban J connectivity index is -0.000000276. The molecule has 0 aliphatic rings. The van der Waals surface area contributed by atoms with Crippen LogP contribution in [0.5, 0.6) is 0 Å². The Bertz CT molecular complexity index is 337. The number of benzene rings is 1. The van der Waals surface area contributed by atoms with Crippen LogP contribution < -0.4 is 5.32 Å². The van der Waals surface area contributed by atoms with Gasteiger partial charge in [0.05, 0.1) is 0 Å². The minimum Gasteiger partial charge on any atom is -0.396 e. The fourth-order valence-electron chi connectivity index (χ4n) is 1.13. The molecular weight excluding hydrogens is 278 g/mol. The molecule has 22 heavy (non-hydrogen) atoms. The number of aliphatic hydroxyl groups is 1. The van der Waals surface area contributed by atoms with Crippen molar-refractivity contribution in [2.24, 2.45) is 0 Å². The normalized spacial score (nSPS) is 8.18. The smallest absolute Gasteiger partial charge is 0.251 e. The van der Waals surface area contributed by atoms with Gasteiger partial charge in [-0.3, -0.25) is 4.79 Å². The molecule has 0 radical (unpaired) electrons. The molecule has 130 valence electrons. The zero-order chi connectivity index (χ0) is 17.8. The Labute approximate surface area is 136 Å². The molecule has 0 bridgehead atoms. The predicted octanol–water partition coefficient (Wildman–Crippen LogP) is 3.81. The summed E-state index contributed by atoms with van der Waals surface area (Å²) in [5.41, 5.74) is 1.82. The number of hydrogen-bond donors (Lipinski definition) is 2. The number of nitrogens with one attached hydrogen (secondary N) is 1. The second kappa shape index (κ2) is 21.9. The highest BCUT2D eigenvalue weighted by atomic mass is 16.5. The summed E-state index contributed by atoms with van der Waals surface area (Å²) in [4.78, 5) is 11.1. The minimum absolute atomic E-state index is 0.0336. The van der Waals surface area contributed by atoms with Crippen LogP contribution in [0.15, 0.2) is 24.3 Å². The quantitative estimate of drug-likeness (QED) is 0.888. The van der Waals surface area contributed by atoms with Crippen LogP contribution in [0.1, 0.15) is 56.5 Å². The molecule has 1 aromatic carbocycles. The lowest BCUT2D eigenvalue weighted by molar-refractivity contribution is 0.0963. The van der Waals surface area contributed by atoms with E-state index in [4.69, 9.17) is 9.84 Å². The van der Waals surface area contributed by atoms with E-state index in [1.54, 1.807) is 20.2 Å². The fraction of sp³-hybridized carbons (Fsp3) is 0.611. The van der Waals surface area contributed by atoms with Crippen molar-refractivity contribution in [1.29, 1.82) is 0 Å². The molecule has 1 amide bonds. The van der Waals surface area contributed by atoms with Gasteiger partial charge in [0.15, 0.2) is 0 Å². The SMILES string of the molecule is CC.CCCO.CCCOC.CNC(=O)c1cccc(C)c1. The maximum atomic E-state index is 11.1. The van der Waals surface area contributed by atoms with Gasteiger partial charge < -0.3 is 15.2 Å². The first-order valence-corrected chi connectivity index (χ1v) is 7.95. The third kappa shape index (κ3) is 18.6. The van der Waals surface area contributed by atoms with Gasteiger partial charge in [-0.2, -0.15) is 0 Å². The number of rotatable bonds is 4. The first-order valence-electron chi connectivity index (χ1n) is 7.95. The standard InChI is InChI=1S/C9H11NO.C4H10O.C3H8O.C2H6/c1-7-4-3-5-8(6-7)9(11)10-2;1-3-4-5-2;1-2-3-4;1-2/h3-6H,1-2H3,(H,10,11);3-4H2,1-2H3;4H,2-3H2,1H3;1-2H3. The summed E-state index contributed by atoms with van der Waals surface area (Å²) in [7, 11) is 3.34. The van der Waals surface area contributed by atoms with Gasteiger partial charge >= 0.3 is 0 Å². The van der Waals surface area contributed by atoms with Gasteiger partial charge in [0, 0.05) is 32.9 Å². The third-order valence-electron chi connectivity index (χ3n) is 2.14. The Morgan fingerprint density at radius 1 is 1.23 bits per heavy atom. The monoisotopic (exact) mass is 313 g/mol.